The Morgan fingerprint density at radius 1 is 1.45 bits per heavy atom. The van der Waals surface area contributed by atoms with Crippen LogP contribution in [0.3, 0.4) is 0 Å². The molecule has 5 nitrogen and oxygen atoms in total. The van der Waals surface area contributed by atoms with Crippen molar-refractivity contribution in [3.05, 3.63) is 24.0 Å². The largest absolute Gasteiger partial charge is 0.381 e. The van der Waals surface area contributed by atoms with Gasteiger partial charge in [0.1, 0.15) is 0 Å². The van der Waals surface area contributed by atoms with Crippen LogP contribution in [-0.2, 0) is 16.6 Å². The topological polar surface area (TPSA) is 51.5 Å². The molecular weight excluding hydrogens is 256 g/mol. The Balaban J connectivity index is 1.88. The summed E-state index contributed by atoms with van der Waals surface area (Å²) in [5, 5.41) is 0. The number of Topliss-reactive ketones (excluding diaryl/α,β-unsaturated/α-hetero) is 1. The second-order valence-electron chi connectivity index (χ2n) is 5.31. The van der Waals surface area contributed by atoms with Crippen molar-refractivity contribution in [2.45, 2.75) is 19.8 Å². The number of rotatable bonds is 6. The lowest BCUT2D eigenvalue weighted by Gasteiger charge is -2.16. The van der Waals surface area contributed by atoms with Crippen molar-refractivity contribution in [2.24, 2.45) is 13.0 Å². The molecule has 0 spiro atoms. The minimum absolute atomic E-state index is 0.353. The number of nitrogens with zero attached hydrogens (tertiary/aromatic N) is 2. The van der Waals surface area contributed by atoms with Gasteiger partial charge in [0.2, 0.25) is 0 Å². The van der Waals surface area contributed by atoms with Gasteiger partial charge in [-0.15, -0.1) is 0 Å². The predicted octanol–water partition coefficient (Wildman–Crippen LogP) is 1.48. The van der Waals surface area contributed by atoms with Gasteiger partial charge in [-0.3, -0.25) is 9.59 Å². The summed E-state index contributed by atoms with van der Waals surface area (Å²) < 4.78 is 7.20. The Bertz CT molecular complexity index is 481. The van der Waals surface area contributed by atoms with E-state index < -0.39 is 11.7 Å². The van der Waals surface area contributed by atoms with Crippen LogP contribution in [0.25, 0.3) is 0 Å². The van der Waals surface area contributed by atoms with Gasteiger partial charge in [-0.1, -0.05) is 6.92 Å². The van der Waals surface area contributed by atoms with Crippen molar-refractivity contribution < 1.29 is 14.3 Å². The number of carbonyl (C=O) groups excluding carboxylic acids is 2. The lowest BCUT2D eigenvalue weighted by Crippen LogP contribution is -2.35. The van der Waals surface area contributed by atoms with Gasteiger partial charge in [-0.05, 0) is 25.0 Å². The summed E-state index contributed by atoms with van der Waals surface area (Å²) >= 11 is 0. The van der Waals surface area contributed by atoms with Crippen LogP contribution in [0, 0.1) is 5.92 Å². The number of ether oxygens (including phenoxy) is 1. The van der Waals surface area contributed by atoms with Crippen LogP contribution in [0.5, 0.6) is 0 Å². The highest BCUT2D eigenvalue weighted by atomic mass is 16.5. The van der Waals surface area contributed by atoms with E-state index in [0.717, 1.165) is 19.4 Å². The summed E-state index contributed by atoms with van der Waals surface area (Å²) in [6.07, 6.45) is 3.68. The lowest BCUT2D eigenvalue weighted by molar-refractivity contribution is -0.125. The fraction of sp³-hybridized carbons (Fsp3) is 0.600. The molecule has 0 unspecified atom stereocenters. The molecule has 0 radical (unpaired) electrons. The van der Waals surface area contributed by atoms with Gasteiger partial charge in [-0.2, -0.15) is 0 Å². The van der Waals surface area contributed by atoms with E-state index in [9.17, 15) is 9.59 Å². The first kappa shape index (κ1) is 14.8. The maximum atomic E-state index is 12.2. The third-order valence-electron chi connectivity index (χ3n) is 3.65. The molecule has 1 aromatic heterocycles. The molecule has 1 aliphatic heterocycles. The molecule has 1 saturated heterocycles. The number of aryl methyl sites for hydroxylation is 1. The fourth-order valence-electron chi connectivity index (χ4n) is 2.50. The number of hydrogen-bond acceptors (Lipinski definition) is 3. The first-order valence-corrected chi connectivity index (χ1v) is 7.16. The summed E-state index contributed by atoms with van der Waals surface area (Å²) in [5.41, 5.74) is 0.445. The molecule has 1 atom stereocenters. The second kappa shape index (κ2) is 6.70. The highest BCUT2D eigenvalue weighted by Gasteiger charge is 2.31. The maximum absolute atomic E-state index is 12.2. The highest BCUT2D eigenvalue weighted by molar-refractivity contribution is 6.42. The molecule has 20 heavy (non-hydrogen) atoms. The van der Waals surface area contributed by atoms with E-state index in [0.29, 0.717) is 31.3 Å². The standard InChI is InChI=1S/C15H22N2O3/c1-3-9-20-11-12-6-8-17(10-12)15(19)14(18)13-5-4-7-16(13)2/h4-5,7,12H,3,6,8-11H2,1-2H3/t12-/m1/s1. The van der Waals surface area contributed by atoms with Crippen molar-refractivity contribution in [1.82, 2.24) is 9.47 Å². The van der Waals surface area contributed by atoms with E-state index in [-0.39, 0.29) is 0 Å². The molecule has 5 heteroatoms. The minimum atomic E-state index is -0.423. The van der Waals surface area contributed by atoms with Gasteiger partial charge in [-0.25, -0.2) is 0 Å². The quantitative estimate of drug-likeness (QED) is 0.450. The molecule has 2 heterocycles. The van der Waals surface area contributed by atoms with Crippen LogP contribution >= 0.6 is 0 Å². The Labute approximate surface area is 119 Å². The van der Waals surface area contributed by atoms with Gasteiger partial charge in [0, 0.05) is 38.9 Å². The molecule has 1 aromatic rings. The summed E-state index contributed by atoms with van der Waals surface area (Å²) in [6, 6.07) is 3.45. The second-order valence-corrected chi connectivity index (χ2v) is 5.31. The van der Waals surface area contributed by atoms with Crippen molar-refractivity contribution >= 4 is 11.7 Å². The maximum Gasteiger partial charge on any atom is 0.296 e. The molecule has 0 aliphatic carbocycles. The van der Waals surface area contributed by atoms with E-state index in [1.807, 2.05) is 0 Å². The van der Waals surface area contributed by atoms with Crippen molar-refractivity contribution in [3.8, 4) is 0 Å². The molecule has 0 bridgehead atoms. The van der Waals surface area contributed by atoms with Gasteiger partial charge in [0.05, 0.1) is 12.3 Å². The number of hydrogen-bond donors (Lipinski definition) is 0. The molecule has 2 rings (SSSR count). The Kier molecular flexibility index (Phi) is 4.95. The molecule has 0 aromatic carbocycles. The van der Waals surface area contributed by atoms with Crippen LogP contribution < -0.4 is 0 Å². The summed E-state index contributed by atoms with van der Waals surface area (Å²) in [4.78, 5) is 26.0. The van der Waals surface area contributed by atoms with Gasteiger partial charge in [0.25, 0.3) is 11.7 Å². The van der Waals surface area contributed by atoms with E-state index in [1.54, 1.807) is 34.8 Å². The van der Waals surface area contributed by atoms with Crippen molar-refractivity contribution in [3.63, 3.8) is 0 Å². The van der Waals surface area contributed by atoms with Crippen molar-refractivity contribution in [2.75, 3.05) is 26.3 Å². The monoisotopic (exact) mass is 278 g/mol. The molecular formula is C15H22N2O3. The van der Waals surface area contributed by atoms with E-state index >= 15 is 0 Å². The number of ketones is 1. The average molecular weight is 278 g/mol. The lowest BCUT2D eigenvalue weighted by atomic mass is 10.1. The number of likely N-dealkylation sites (tertiary alicyclic amines) is 1. The number of amides is 1. The summed E-state index contributed by atoms with van der Waals surface area (Å²) in [6.45, 7) is 4.78. The van der Waals surface area contributed by atoms with Gasteiger partial charge >= 0.3 is 0 Å². The highest BCUT2D eigenvalue weighted by Crippen LogP contribution is 2.18. The smallest absolute Gasteiger partial charge is 0.296 e. The van der Waals surface area contributed by atoms with E-state index in [1.165, 1.54) is 0 Å². The third-order valence-corrected chi connectivity index (χ3v) is 3.65. The number of aromatic nitrogens is 1. The number of carbonyl (C=O) groups is 2. The van der Waals surface area contributed by atoms with Crippen LogP contribution in [0.2, 0.25) is 0 Å². The van der Waals surface area contributed by atoms with Crippen LogP contribution in [0.1, 0.15) is 30.3 Å². The Morgan fingerprint density at radius 3 is 2.90 bits per heavy atom. The minimum Gasteiger partial charge on any atom is -0.381 e. The zero-order valence-corrected chi connectivity index (χ0v) is 12.2. The van der Waals surface area contributed by atoms with E-state index in [2.05, 4.69) is 6.92 Å². The zero-order chi connectivity index (χ0) is 14.5. The molecule has 1 fully saturated rings. The first-order chi connectivity index (χ1) is 9.63. The Morgan fingerprint density at radius 2 is 2.25 bits per heavy atom. The van der Waals surface area contributed by atoms with Crippen LogP contribution in [-0.4, -0.2) is 47.5 Å². The molecule has 0 N–H and O–H groups in total. The average Bonchev–Trinajstić information content (AvgIpc) is 3.06. The van der Waals surface area contributed by atoms with Crippen LogP contribution in [0.4, 0.5) is 0 Å². The fourth-order valence-corrected chi connectivity index (χ4v) is 2.50. The normalized spacial score (nSPS) is 18.5. The molecule has 1 amide bonds. The Hall–Kier alpha value is -1.62. The van der Waals surface area contributed by atoms with E-state index in [4.69, 9.17) is 4.74 Å². The zero-order valence-electron chi connectivity index (χ0n) is 12.2. The van der Waals surface area contributed by atoms with Crippen LogP contribution in [0.15, 0.2) is 18.3 Å². The SMILES string of the molecule is CCCOC[C@@H]1CCN(C(=O)C(=O)c2cccn2C)C1. The predicted molar refractivity (Wildman–Crippen MR) is 75.5 cm³/mol. The van der Waals surface area contributed by atoms with Gasteiger partial charge in [0.15, 0.2) is 0 Å². The molecule has 110 valence electrons. The van der Waals surface area contributed by atoms with Gasteiger partial charge < -0.3 is 14.2 Å². The van der Waals surface area contributed by atoms with Crippen molar-refractivity contribution in [1.29, 1.82) is 0 Å². The summed E-state index contributed by atoms with van der Waals surface area (Å²) in [7, 11) is 1.77. The molecule has 1 aliphatic rings. The third kappa shape index (κ3) is 3.28. The molecule has 0 saturated carbocycles. The first-order valence-electron chi connectivity index (χ1n) is 7.16. The summed E-state index contributed by atoms with van der Waals surface area (Å²) in [5.74, 6) is -0.468.